The molecule has 19 heavy (non-hydrogen) atoms. The Morgan fingerprint density at radius 1 is 1.26 bits per heavy atom. The van der Waals surface area contributed by atoms with Crippen molar-refractivity contribution in [2.24, 2.45) is 5.92 Å². The van der Waals surface area contributed by atoms with E-state index < -0.39 is 0 Å². The summed E-state index contributed by atoms with van der Waals surface area (Å²) in [5.74, 6) is 0.856. The summed E-state index contributed by atoms with van der Waals surface area (Å²) in [6, 6.07) is 4.76. The number of ether oxygens (including phenoxy) is 2. The van der Waals surface area contributed by atoms with Crippen LogP contribution in [-0.2, 0) is 4.74 Å². The van der Waals surface area contributed by atoms with E-state index >= 15 is 0 Å². The Balaban J connectivity index is 2.47. The molecule has 0 amide bonds. The van der Waals surface area contributed by atoms with Gasteiger partial charge in [-0.25, -0.2) is 4.39 Å². The Hall–Kier alpha value is -1.13. The van der Waals surface area contributed by atoms with Crippen molar-refractivity contribution < 1.29 is 13.9 Å². The molecule has 0 aliphatic heterocycles. The van der Waals surface area contributed by atoms with Gasteiger partial charge in [0.25, 0.3) is 0 Å². The zero-order chi connectivity index (χ0) is 14.3. The van der Waals surface area contributed by atoms with Crippen LogP contribution in [0.3, 0.4) is 0 Å². The second kappa shape index (κ2) is 8.12. The zero-order valence-electron chi connectivity index (χ0n) is 12.2. The normalized spacial score (nSPS) is 12.7. The number of hydrogen-bond acceptors (Lipinski definition) is 3. The van der Waals surface area contributed by atoms with Gasteiger partial charge in [0.15, 0.2) is 0 Å². The van der Waals surface area contributed by atoms with Crippen molar-refractivity contribution in [2.75, 3.05) is 26.9 Å². The van der Waals surface area contributed by atoms with E-state index in [-0.39, 0.29) is 11.9 Å². The van der Waals surface area contributed by atoms with Crippen LogP contribution < -0.4 is 10.1 Å². The molecule has 0 aliphatic rings. The molecular formula is C15H24FNO2. The monoisotopic (exact) mass is 269 g/mol. The van der Waals surface area contributed by atoms with Gasteiger partial charge in [0.1, 0.15) is 11.6 Å². The Kier molecular flexibility index (Phi) is 6.81. The van der Waals surface area contributed by atoms with Crippen LogP contribution in [0.15, 0.2) is 18.2 Å². The molecule has 1 N–H and O–H groups in total. The molecule has 0 aromatic heterocycles. The van der Waals surface area contributed by atoms with Gasteiger partial charge in [0.05, 0.1) is 13.7 Å². The predicted octanol–water partition coefficient (Wildman–Crippen LogP) is 3.16. The molecule has 0 radical (unpaired) electrons. The van der Waals surface area contributed by atoms with Gasteiger partial charge < -0.3 is 14.8 Å². The summed E-state index contributed by atoms with van der Waals surface area (Å²) < 4.78 is 24.5. The Bertz CT molecular complexity index is 382. The van der Waals surface area contributed by atoms with Crippen LogP contribution in [0.2, 0.25) is 0 Å². The van der Waals surface area contributed by atoms with Gasteiger partial charge in [-0.05, 0) is 25.0 Å². The molecule has 1 rings (SSSR count). The molecule has 1 unspecified atom stereocenters. The van der Waals surface area contributed by atoms with Gasteiger partial charge in [-0.2, -0.15) is 0 Å². The third kappa shape index (κ3) is 5.17. The molecular weight excluding hydrogens is 245 g/mol. The first-order valence-corrected chi connectivity index (χ1v) is 6.69. The van der Waals surface area contributed by atoms with E-state index in [0.717, 1.165) is 6.61 Å². The predicted molar refractivity (Wildman–Crippen MR) is 75.0 cm³/mol. The lowest BCUT2D eigenvalue weighted by Crippen LogP contribution is -2.25. The van der Waals surface area contributed by atoms with Gasteiger partial charge in [-0.15, -0.1) is 0 Å². The number of nitrogens with one attached hydrogen (secondary N) is 1. The van der Waals surface area contributed by atoms with E-state index in [9.17, 15) is 4.39 Å². The summed E-state index contributed by atoms with van der Waals surface area (Å²) in [6.45, 7) is 8.20. The Morgan fingerprint density at radius 2 is 2.00 bits per heavy atom. The van der Waals surface area contributed by atoms with E-state index in [1.54, 1.807) is 19.2 Å². The van der Waals surface area contributed by atoms with E-state index in [0.29, 0.717) is 30.4 Å². The van der Waals surface area contributed by atoms with E-state index in [2.05, 4.69) is 19.2 Å². The molecule has 4 heteroatoms. The lowest BCUT2D eigenvalue weighted by atomic mass is 10.1. The van der Waals surface area contributed by atoms with Gasteiger partial charge in [0, 0.05) is 24.8 Å². The van der Waals surface area contributed by atoms with Gasteiger partial charge in [-0.1, -0.05) is 19.9 Å². The summed E-state index contributed by atoms with van der Waals surface area (Å²) in [5, 5.41) is 3.24. The number of rotatable bonds is 8. The summed E-state index contributed by atoms with van der Waals surface area (Å²) in [7, 11) is 1.55. The van der Waals surface area contributed by atoms with Crippen LogP contribution in [0.4, 0.5) is 4.39 Å². The molecule has 1 atom stereocenters. The molecule has 0 heterocycles. The highest BCUT2D eigenvalue weighted by atomic mass is 19.1. The van der Waals surface area contributed by atoms with E-state index in [1.165, 1.54) is 6.07 Å². The average molecular weight is 269 g/mol. The largest absolute Gasteiger partial charge is 0.496 e. The van der Waals surface area contributed by atoms with E-state index in [4.69, 9.17) is 9.47 Å². The summed E-state index contributed by atoms with van der Waals surface area (Å²) in [5.41, 5.74) is 0.564. The minimum Gasteiger partial charge on any atom is -0.496 e. The summed E-state index contributed by atoms with van der Waals surface area (Å²) in [4.78, 5) is 0. The van der Waals surface area contributed by atoms with Crippen molar-refractivity contribution in [3.05, 3.63) is 29.6 Å². The van der Waals surface area contributed by atoms with Crippen molar-refractivity contribution in [1.82, 2.24) is 5.32 Å². The highest BCUT2D eigenvalue weighted by Crippen LogP contribution is 2.27. The molecule has 1 aromatic carbocycles. The second-order valence-corrected chi connectivity index (χ2v) is 5.00. The molecule has 108 valence electrons. The molecule has 0 fully saturated rings. The maximum atomic E-state index is 13.8. The number of halogens is 1. The zero-order valence-corrected chi connectivity index (χ0v) is 12.2. The lowest BCUT2D eigenvalue weighted by Gasteiger charge is -2.18. The Morgan fingerprint density at radius 3 is 2.63 bits per heavy atom. The fraction of sp³-hybridized carbons (Fsp3) is 0.600. The van der Waals surface area contributed by atoms with Crippen molar-refractivity contribution >= 4 is 0 Å². The van der Waals surface area contributed by atoms with Gasteiger partial charge in [-0.3, -0.25) is 0 Å². The molecule has 1 aromatic rings. The van der Waals surface area contributed by atoms with Crippen molar-refractivity contribution in [3.63, 3.8) is 0 Å². The summed E-state index contributed by atoms with van der Waals surface area (Å²) >= 11 is 0. The van der Waals surface area contributed by atoms with Crippen molar-refractivity contribution in [1.29, 1.82) is 0 Å². The first-order valence-electron chi connectivity index (χ1n) is 6.69. The van der Waals surface area contributed by atoms with Crippen molar-refractivity contribution in [3.8, 4) is 5.75 Å². The maximum absolute atomic E-state index is 13.8. The number of methoxy groups -OCH3 is 1. The minimum atomic E-state index is -0.248. The standard InChI is InChI=1S/C15H24FNO2/c1-11(2)10-19-9-8-17-12(3)15-13(16)6-5-7-14(15)18-4/h5-7,11-12,17H,8-10H2,1-4H3. The highest BCUT2D eigenvalue weighted by molar-refractivity contribution is 5.36. The van der Waals surface area contributed by atoms with Gasteiger partial charge >= 0.3 is 0 Å². The average Bonchev–Trinajstić information content (AvgIpc) is 2.37. The van der Waals surface area contributed by atoms with Crippen LogP contribution in [0.5, 0.6) is 5.75 Å². The first-order chi connectivity index (χ1) is 9.06. The van der Waals surface area contributed by atoms with Crippen molar-refractivity contribution in [2.45, 2.75) is 26.8 Å². The van der Waals surface area contributed by atoms with Gasteiger partial charge in [0.2, 0.25) is 0 Å². The number of hydrogen-bond donors (Lipinski definition) is 1. The number of benzene rings is 1. The lowest BCUT2D eigenvalue weighted by molar-refractivity contribution is 0.110. The third-order valence-corrected chi connectivity index (χ3v) is 2.81. The Labute approximate surface area is 115 Å². The molecule has 0 saturated carbocycles. The summed E-state index contributed by atoms with van der Waals surface area (Å²) in [6.07, 6.45) is 0. The first kappa shape index (κ1) is 15.9. The fourth-order valence-electron chi connectivity index (χ4n) is 1.88. The topological polar surface area (TPSA) is 30.5 Å². The third-order valence-electron chi connectivity index (χ3n) is 2.81. The smallest absolute Gasteiger partial charge is 0.131 e. The fourth-order valence-corrected chi connectivity index (χ4v) is 1.88. The molecule has 3 nitrogen and oxygen atoms in total. The molecule has 0 aliphatic carbocycles. The van der Waals surface area contributed by atoms with Crippen LogP contribution in [0, 0.1) is 11.7 Å². The molecule has 0 saturated heterocycles. The van der Waals surface area contributed by atoms with Crippen LogP contribution in [0.1, 0.15) is 32.4 Å². The molecule has 0 spiro atoms. The minimum absolute atomic E-state index is 0.112. The van der Waals surface area contributed by atoms with Crippen LogP contribution >= 0.6 is 0 Å². The SMILES string of the molecule is COc1cccc(F)c1C(C)NCCOCC(C)C. The van der Waals surface area contributed by atoms with Crippen LogP contribution in [-0.4, -0.2) is 26.9 Å². The maximum Gasteiger partial charge on any atom is 0.131 e. The van der Waals surface area contributed by atoms with Crippen LogP contribution in [0.25, 0.3) is 0 Å². The second-order valence-electron chi connectivity index (χ2n) is 5.00. The highest BCUT2D eigenvalue weighted by Gasteiger charge is 2.15. The molecule has 0 bridgehead atoms. The van der Waals surface area contributed by atoms with E-state index in [1.807, 2.05) is 6.92 Å². The quantitative estimate of drug-likeness (QED) is 0.735.